The van der Waals surface area contributed by atoms with E-state index in [1.807, 2.05) is 9.80 Å². The lowest BCUT2D eigenvalue weighted by molar-refractivity contribution is -0.143. The number of carbonyl (C=O) groups excluding carboxylic acids is 2. The summed E-state index contributed by atoms with van der Waals surface area (Å²) >= 11 is 0. The highest BCUT2D eigenvalue weighted by Gasteiger charge is 2.31. The third kappa shape index (κ3) is 4.70. The van der Waals surface area contributed by atoms with Crippen molar-refractivity contribution in [1.82, 2.24) is 14.7 Å². The van der Waals surface area contributed by atoms with Crippen LogP contribution in [0.3, 0.4) is 0 Å². The fraction of sp³-hybridized carbons (Fsp3) is 0.889. The molecule has 3 aliphatic heterocycles. The first kappa shape index (κ1) is 17.7. The van der Waals surface area contributed by atoms with Gasteiger partial charge in [-0.3, -0.25) is 14.5 Å². The largest absolute Gasteiger partial charge is 0.368 e. The van der Waals surface area contributed by atoms with Gasteiger partial charge in [0.2, 0.25) is 5.91 Å². The van der Waals surface area contributed by atoms with Gasteiger partial charge in [0.15, 0.2) is 0 Å². The second kappa shape index (κ2) is 8.81. The molecule has 24 heavy (non-hydrogen) atoms. The Morgan fingerprint density at radius 1 is 0.792 bits per heavy atom. The van der Waals surface area contributed by atoms with Crippen LogP contribution in [0.4, 0.5) is 0 Å². The first-order chi connectivity index (χ1) is 11.7. The summed E-state index contributed by atoms with van der Waals surface area (Å²) in [6.45, 7) is 6.04. The van der Waals surface area contributed by atoms with Gasteiger partial charge in [0, 0.05) is 45.9 Å². The highest BCUT2D eigenvalue weighted by Crippen LogP contribution is 2.16. The van der Waals surface area contributed by atoms with Crippen molar-refractivity contribution in [1.29, 1.82) is 0 Å². The van der Waals surface area contributed by atoms with Gasteiger partial charge in [0.05, 0.1) is 6.54 Å². The summed E-state index contributed by atoms with van der Waals surface area (Å²) < 4.78 is 5.50. The molecule has 3 fully saturated rings. The van der Waals surface area contributed by atoms with Gasteiger partial charge in [0.1, 0.15) is 6.10 Å². The van der Waals surface area contributed by atoms with Crippen LogP contribution in [0, 0.1) is 0 Å². The molecule has 0 aliphatic carbocycles. The zero-order valence-corrected chi connectivity index (χ0v) is 14.8. The number of amides is 2. The Hall–Kier alpha value is -1.14. The fourth-order valence-electron chi connectivity index (χ4n) is 3.89. The van der Waals surface area contributed by atoms with Gasteiger partial charge in [0.25, 0.3) is 5.91 Å². The summed E-state index contributed by atoms with van der Waals surface area (Å²) in [4.78, 5) is 31.0. The van der Waals surface area contributed by atoms with E-state index in [1.165, 1.54) is 19.3 Å². The molecule has 3 saturated heterocycles. The average molecular weight is 337 g/mol. The summed E-state index contributed by atoms with van der Waals surface area (Å²) in [6, 6.07) is 0. The van der Waals surface area contributed by atoms with E-state index in [1.54, 1.807) is 0 Å². The Bertz CT molecular complexity index is 421. The topological polar surface area (TPSA) is 53.1 Å². The van der Waals surface area contributed by atoms with Gasteiger partial charge in [-0.25, -0.2) is 0 Å². The van der Waals surface area contributed by atoms with Crippen molar-refractivity contribution in [2.24, 2.45) is 0 Å². The maximum atomic E-state index is 12.5. The van der Waals surface area contributed by atoms with Crippen molar-refractivity contribution in [2.75, 3.05) is 52.4 Å². The monoisotopic (exact) mass is 337 g/mol. The Balaban J connectivity index is 1.41. The van der Waals surface area contributed by atoms with E-state index in [4.69, 9.17) is 4.74 Å². The van der Waals surface area contributed by atoms with Crippen LogP contribution in [-0.4, -0.2) is 85.0 Å². The molecule has 0 spiro atoms. The van der Waals surface area contributed by atoms with Crippen LogP contribution in [0.5, 0.6) is 0 Å². The minimum atomic E-state index is -0.223. The van der Waals surface area contributed by atoms with E-state index in [0.29, 0.717) is 26.2 Å². The lowest BCUT2D eigenvalue weighted by Gasteiger charge is -2.36. The van der Waals surface area contributed by atoms with Crippen LogP contribution in [0.1, 0.15) is 44.9 Å². The molecule has 0 radical (unpaired) electrons. The summed E-state index contributed by atoms with van der Waals surface area (Å²) in [5.74, 6) is 0.401. The first-order valence-electron chi connectivity index (χ1n) is 9.64. The van der Waals surface area contributed by atoms with Gasteiger partial charge in [-0.15, -0.1) is 0 Å². The molecule has 0 saturated carbocycles. The maximum Gasteiger partial charge on any atom is 0.251 e. The Labute approximate surface area is 145 Å². The Kier molecular flexibility index (Phi) is 6.49. The predicted octanol–water partition coefficient (Wildman–Crippen LogP) is 1.10. The highest BCUT2D eigenvalue weighted by atomic mass is 16.5. The van der Waals surface area contributed by atoms with Crippen LogP contribution >= 0.6 is 0 Å². The molecule has 0 N–H and O–H groups in total. The van der Waals surface area contributed by atoms with Crippen LogP contribution in [0.15, 0.2) is 0 Å². The van der Waals surface area contributed by atoms with Crippen molar-refractivity contribution in [3.63, 3.8) is 0 Å². The molecule has 0 aromatic carbocycles. The summed E-state index contributed by atoms with van der Waals surface area (Å²) in [5, 5.41) is 0. The van der Waals surface area contributed by atoms with E-state index in [2.05, 4.69) is 4.90 Å². The second-order valence-corrected chi connectivity index (χ2v) is 7.25. The van der Waals surface area contributed by atoms with Crippen molar-refractivity contribution in [3.8, 4) is 0 Å². The molecule has 3 aliphatic rings. The molecule has 136 valence electrons. The normalized spacial score (nSPS) is 26.9. The molecule has 0 bridgehead atoms. The number of nitrogens with zero attached hydrogens (tertiary/aromatic N) is 3. The first-order valence-corrected chi connectivity index (χ1v) is 9.64. The molecule has 2 amide bonds. The fourth-order valence-corrected chi connectivity index (χ4v) is 3.89. The molecule has 3 heterocycles. The molecule has 0 aromatic rings. The van der Waals surface area contributed by atoms with Gasteiger partial charge >= 0.3 is 0 Å². The number of rotatable bonds is 3. The third-order valence-corrected chi connectivity index (χ3v) is 5.46. The van der Waals surface area contributed by atoms with Gasteiger partial charge < -0.3 is 14.5 Å². The molecular weight excluding hydrogens is 306 g/mol. The van der Waals surface area contributed by atoms with E-state index < -0.39 is 0 Å². The van der Waals surface area contributed by atoms with Gasteiger partial charge in [-0.2, -0.15) is 0 Å². The van der Waals surface area contributed by atoms with Gasteiger partial charge in [-0.1, -0.05) is 19.3 Å². The quantitative estimate of drug-likeness (QED) is 0.774. The van der Waals surface area contributed by atoms with Crippen molar-refractivity contribution < 1.29 is 14.3 Å². The second-order valence-electron chi connectivity index (χ2n) is 7.25. The zero-order chi connectivity index (χ0) is 16.8. The molecule has 6 nitrogen and oxygen atoms in total. The smallest absolute Gasteiger partial charge is 0.251 e. The van der Waals surface area contributed by atoms with Crippen molar-refractivity contribution in [2.45, 2.75) is 51.0 Å². The minimum absolute atomic E-state index is 0.141. The maximum absolute atomic E-state index is 12.5. The standard InChI is InChI=1S/C18H31N3O3/c22-17(20-8-4-2-1-3-5-9-20)15-19-10-12-21(13-11-19)18(23)16-7-6-14-24-16/h16H,1-15H2. The molecule has 1 unspecified atom stereocenters. The zero-order valence-electron chi connectivity index (χ0n) is 14.8. The highest BCUT2D eigenvalue weighted by molar-refractivity contribution is 5.81. The number of ether oxygens (including phenoxy) is 1. The lowest BCUT2D eigenvalue weighted by Crippen LogP contribution is -2.53. The SMILES string of the molecule is O=C(CN1CCN(C(=O)C2CCCO2)CC1)N1CCCCCCC1. The molecule has 1 atom stereocenters. The van der Waals surface area contributed by atoms with Crippen LogP contribution in [0.25, 0.3) is 0 Å². The van der Waals surface area contributed by atoms with Gasteiger partial charge in [-0.05, 0) is 25.7 Å². The van der Waals surface area contributed by atoms with Crippen molar-refractivity contribution >= 4 is 11.8 Å². The van der Waals surface area contributed by atoms with E-state index in [0.717, 1.165) is 51.9 Å². The van der Waals surface area contributed by atoms with Crippen LogP contribution < -0.4 is 0 Å². The number of piperazine rings is 1. The number of carbonyl (C=O) groups is 2. The number of hydrogen-bond acceptors (Lipinski definition) is 4. The Morgan fingerprint density at radius 2 is 1.46 bits per heavy atom. The molecule has 0 aromatic heterocycles. The third-order valence-electron chi connectivity index (χ3n) is 5.46. The molecule has 3 rings (SSSR count). The lowest BCUT2D eigenvalue weighted by atomic mass is 10.1. The van der Waals surface area contributed by atoms with Crippen LogP contribution in [-0.2, 0) is 14.3 Å². The minimum Gasteiger partial charge on any atom is -0.368 e. The molecule has 6 heteroatoms. The number of likely N-dealkylation sites (tertiary alicyclic amines) is 1. The summed E-state index contributed by atoms with van der Waals surface area (Å²) in [7, 11) is 0. The molecular formula is C18H31N3O3. The van der Waals surface area contributed by atoms with Crippen LogP contribution in [0.2, 0.25) is 0 Å². The van der Waals surface area contributed by atoms with E-state index >= 15 is 0 Å². The predicted molar refractivity (Wildman–Crippen MR) is 91.7 cm³/mol. The van der Waals surface area contributed by atoms with Crippen molar-refractivity contribution in [3.05, 3.63) is 0 Å². The number of hydrogen-bond donors (Lipinski definition) is 0. The average Bonchev–Trinajstić information content (AvgIpc) is 3.09. The summed E-state index contributed by atoms with van der Waals surface area (Å²) in [5.41, 5.74) is 0. The summed E-state index contributed by atoms with van der Waals surface area (Å²) in [6.07, 6.45) is 7.68. The van der Waals surface area contributed by atoms with E-state index in [-0.39, 0.29) is 17.9 Å². The Morgan fingerprint density at radius 3 is 2.08 bits per heavy atom. The van der Waals surface area contributed by atoms with E-state index in [9.17, 15) is 9.59 Å².